The highest BCUT2D eigenvalue weighted by molar-refractivity contribution is 7.92. The van der Waals surface area contributed by atoms with Crippen LogP contribution in [0.15, 0.2) is 74.9 Å². The molecule has 0 unspecified atom stereocenters. The van der Waals surface area contributed by atoms with Gasteiger partial charge in [0.25, 0.3) is 15.9 Å². The first kappa shape index (κ1) is 22.2. The van der Waals surface area contributed by atoms with Crippen molar-refractivity contribution < 1.29 is 17.6 Å². The number of nitrogens with one attached hydrogen (secondary N) is 2. The predicted octanol–water partition coefficient (Wildman–Crippen LogP) is 3.51. The van der Waals surface area contributed by atoms with Crippen LogP contribution in [0, 0.1) is 6.92 Å². The topological polar surface area (TPSA) is 131 Å². The highest BCUT2D eigenvalue weighted by atomic mass is 32.2. The smallest absolute Gasteiger partial charge is 0.291 e. The number of hydrogen-bond donors (Lipinski definition) is 2. The predicted molar refractivity (Wildman–Crippen MR) is 124 cm³/mol. The van der Waals surface area contributed by atoms with Crippen molar-refractivity contribution in [2.75, 3.05) is 10.0 Å². The summed E-state index contributed by atoms with van der Waals surface area (Å²) in [4.78, 5) is 32.9. The van der Waals surface area contributed by atoms with E-state index in [1.807, 2.05) is 13.0 Å². The van der Waals surface area contributed by atoms with Crippen molar-refractivity contribution >= 4 is 38.5 Å². The molecule has 0 fully saturated rings. The Labute approximate surface area is 189 Å². The summed E-state index contributed by atoms with van der Waals surface area (Å²) in [5.41, 5.74) is 1.94. The molecule has 0 saturated heterocycles. The SMILES string of the molecule is CCc1ccc2oc(C(=O)Nc3ccc(S(=O)(=O)Nc4nccc(C)n4)cc3)cc(=O)c2c1. The maximum atomic E-state index is 12.6. The molecule has 2 heterocycles. The van der Waals surface area contributed by atoms with Crippen LogP contribution in [0.5, 0.6) is 0 Å². The molecule has 0 spiro atoms. The average molecular weight is 465 g/mol. The lowest BCUT2D eigenvalue weighted by atomic mass is 10.1. The number of sulfonamides is 1. The molecular weight excluding hydrogens is 444 g/mol. The molecule has 0 bridgehead atoms. The van der Waals surface area contributed by atoms with Crippen LogP contribution in [0.1, 0.15) is 28.7 Å². The molecule has 2 aromatic carbocycles. The van der Waals surface area contributed by atoms with Crippen LogP contribution in [-0.2, 0) is 16.4 Å². The Bertz CT molecular complexity index is 1510. The number of benzene rings is 2. The van der Waals surface area contributed by atoms with Gasteiger partial charge in [-0.3, -0.25) is 9.59 Å². The van der Waals surface area contributed by atoms with E-state index in [-0.39, 0.29) is 22.0 Å². The normalized spacial score (nSPS) is 11.3. The molecule has 0 saturated carbocycles. The van der Waals surface area contributed by atoms with Gasteiger partial charge < -0.3 is 9.73 Å². The summed E-state index contributed by atoms with van der Waals surface area (Å²) in [7, 11) is -3.91. The summed E-state index contributed by atoms with van der Waals surface area (Å²) in [6.07, 6.45) is 2.23. The van der Waals surface area contributed by atoms with Crippen molar-refractivity contribution in [3.63, 3.8) is 0 Å². The van der Waals surface area contributed by atoms with Crippen LogP contribution in [-0.4, -0.2) is 24.3 Å². The van der Waals surface area contributed by atoms with Crippen LogP contribution in [0.25, 0.3) is 11.0 Å². The number of carbonyl (C=O) groups is 1. The number of amides is 1. The number of hydrogen-bond acceptors (Lipinski definition) is 7. The molecule has 4 aromatic rings. The molecule has 0 aliphatic carbocycles. The first-order valence-electron chi connectivity index (χ1n) is 10.1. The van der Waals surface area contributed by atoms with Crippen molar-refractivity contribution in [3.8, 4) is 0 Å². The van der Waals surface area contributed by atoms with Gasteiger partial charge in [0.2, 0.25) is 5.95 Å². The molecule has 0 aliphatic heterocycles. The Balaban J connectivity index is 1.52. The number of fused-ring (bicyclic) bond motifs is 1. The Morgan fingerprint density at radius 1 is 1.06 bits per heavy atom. The molecule has 168 valence electrons. The number of aryl methyl sites for hydroxylation is 2. The van der Waals surface area contributed by atoms with Gasteiger partial charge in [-0.25, -0.2) is 23.1 Å². The van der Waals surface area contributed by atoms with Gasteiger partial charge in [-0.05, 0) is 61.4 Å². The highest BCUT2D eigenvalue weighted by Gasteiger charge is 2.17. The fraction of sp³-hybridized carbons (Fsp3) is 0.130. The summed E-state index contributed by atoms with van der Waals surface area (Å²) < 4.78 is 33.0. The van der Waals surface area contributed by atoms with Gasteiger partial charge in [-0.1, -0.05) is 13.0 Å². The Morgan fingerprint density at radius 3 is 2.52 bits per heavy atom. The van der Waals surface area contributed by atoms with Crippen LogP contribution >= 0.6 is 0 Å². The first-order chi connectivity index (χ1) is 15.7. The summed E-state index contributed by atoms with van der Waals surface area (Å²) in [6.45, 7) is 3.70. The average Bonchev–Trinajstić information content (AvgIpc) is 2.79. The minimum atomic E-state index is -3.91. The van der Waals surface area contributed by atoms with E-state index in [0.717, 1.165) is 18.1 Å². The quantitative estimate of drug-likeness (QED) is 0.446. The second-order valence-corrected chi connectivity index (χ2v) is 8.95. The van der Waals surface area contributed by atoms with E-state index in [9.17, 15) is 18.0 Å². The molecule has 1 amide bonds. The molecule has 2 aromatic heterocycles. The van der Waals surface area contributed by atoms with Gasteiger partial charge >= 0.3 is 0 Å². The second kappa shape index (κ2) is 8.83. The van der Waals surface area contributed by atoms with Crippen molar-refractivity contribution in [2.45, 2.75) is 25.2 Å². The van der Waals surface area contributed by atoms with Gasteiger partial charge in [-0.2, -0.15) is 0 Å². The zero-order chi connectivity index (χ0) is 23.6. The number of nitrogens with zero attached hydrogens (tertiary/aromatic N) is 2. The van der Waals surface area contributed by atoms with E-state index < -0.39 is 15.9 Å². The number of aromatic nitrogens is 2. The number of carbonyl (C=O) groups excluding carboxylic acids is 1. The van der Waals surface area contributed by atoms with Crippen LogP contribution in [0.4, 0.5) is 11.6 Å². The Hall–Kier alpha value is -4.05. The van der Waals surface area contributed by atoms with Crippen molar-refractivity contribution in [2.24, 2.45) is 0 Å². The third-order valence-electron chi connectivity index (χ3n) is 4.87. The van der Waals surface area contributed by atoms with Gasteiger partial charge in [0.15, 0.2) is 11.2 Å². The summed E-state index contributed by atoms with van der Waals surface area (Å²) in [5, 5.41) is 3.00. The van der Waals surface area contributed by atoms with Gasteiger partial charge in [0.1, 0.15) is 5.58 Å². The fourth-order valence-electron chi connectivity index (χ4n) is 3.12. The monoisotopic (exact) mass is 464 g/mol. The lowest BCUT2D eigenvalue weighted by molar-refractivity contribution is 0.0997. The molecule has 33 heavy (non-hydrogen) atoms. The molecule has 4 rings (SSSR count). The third-order valence-corrected chi connectivity index (χ3v) is 6.21. The van der Waals surface area contributed by atoms with E-state index in [4.69, 9.17) is 4.42 Å². The summed E-state index contributed by atoms with van der Waals surface area (Å²) in [5.74, 6) is -0.813. The molecule has 2 N–H and O–H groups in total. The maximum Gasteiger partial charge on any atom is 0.291 e. The van der Waals surface area contributed by atoms with E-state index in [0.29, 0.717) is 22.4 Å². The van der Waals surface area contributed by atoms with Crippen molar-refractivity contribution in [1.82, 2.24) is 9.97 Å². The van der Waals surface area contributed by atoms with Crippen LogP contribution in [0.3, 0.4) is 0 Å². The minimum Gasteiger partial charge on any atom is -0.451 e. The lowest BCUT2D eigenvalue weighted by Crippen LogP contribution is -2.16. The molecule has 9 nitrogen and oxygen atoms in total. The lowest BCUT2D eigenvalue weighted by Gasteiger charge is -2.09. The highest BCUT2D eigenvalue weighted by Crippen LogP contribution is 2.19. The molecule has 10 heteroatoms. The van der Waals surface area contributed by atoms with Crippen molar-refractivity contribution in [3.05, 3.63) is 88.0 Å². The largest absolute Gasteiger partial charge is 0.451 e. The van der Waals surface area contributed by atoms with Crippen LogP contribution in [0.2, 0.25) is 0 Å². The molecule has 0 aliphatic rings. The first-order valence-corrected chi connectivity index (χ1v) is 11.5. The van der Waals surface area contributed by atoms with Gasteiger partial charge in [0.05, 0.1) is 10.3 Å². The van der Waals surface area contributed by atoms with Crippen molar-refractivity contribution in [1.29, 1.82) is 0 Å². The fourth-order valence-corrected chi connectivity index (χ4v) is 4.07. The molecule has 0 atom stereocenters. The van der Waals surface area contributed by atoms with Crippen LogP contribution < -0.4 is 15.5 Å². The second-order valence-electron chi connectivity index (χ2n) is 7.26. The number of anilines is 2. The van der Waals surface area contributed by atoms with E-state index in [1.54, 1.807) is 25.1 Å². The third kappa shape index (κ3) is 4.90. The summed E-state index contributed by atoms with van der Waals surface area (Å²) in [6, 6.07) is 13.5. The zero-order valence-corrected chi connectivity index (χ0v) is 18.6. The standard InChI is InChI=1S/C23H20N4O5S/c1-3-15-4-9-20-18(12-15)19(28)13-21(32-20)22(29)26-16-5-7-17(8-6-16)33(30,31)27-23-24-11-10-14(2)25-23/h4-13H,3H2,1-2H3,(H,26,29)(H,24,25,27). The van der Waals surface area contributed by atoms with E-state index in [2.05, 4.69) is 20.0 Å². The zero-order valence-electron chi connectivity index (χ0n) is 17.8. The minimum absolute atomic E-state index is 0.0328. The molecular formula is C23H20N4O5S. The van der Waals surface area contributed by atoms with E-state index >= 15 is 0 Å². The van der Waals surface area contributed by atoms with Gasteiger partial charge in [-0.15, -0.1) is 0 Å². The van der Waals surface area contributed by atoms with Gasteiger partial charge in [0, 0.05) is 23.6 Å². The summed E-state index contributed by atoms with van der Waals surface area (Å²) >= 11 is 0. The number of rotatable bonds is 6. The maximum absolute atomic E-state index is 12.6. The Kier molecular flexibility index (Phi) is 5.93. The Morgan fingerprint density at radius 2 is 1.82 bits per heavy atom. The van der Waals surface area contributed by atoms with E-state index in [1.165, 1.54) is 30.5 Å². The molecule has 0 radical (unpaired) electrons.